The van der Waals surface area contributed by atoms with Crippen LogP contribution < -0.4 is 11.1 Å². The van der Waals surface area contributed by atoms with E-state index in [1.807, 2.05) is 35.2 Å². The number of rotatable bonds is 2. The van der Waals surface area contributed by atoms with E-state index < -0.39 is 0 Å². The predicted molar refractivity (Wildman–Crippen MR) is 64.2 cm³/mol. The standard InChI is InChI=1S/C12H17N3O/c13-8-10-6-7-15(9-10)12(16)14-11-4-2-1-3-5-11/h1-5,10H,6-9,13H2,(H,14,16). The SMILES string of the molecule is NCC1CCN(C(=O)Nc2ccccc2)C1. The summed E-state index contributed by atoms with van der Waals surface area (Å²) in [6.07, 6.45) is 1.01. The van der Waals surface area contributed by atoms with Gasteiger partial charge in [0.1, 0.15) is 0 Å². The molecule has 4 nitrogen and oxygen atoms in total. The highest BCUT2D eigenvalue weighted by Crippen LogP contribution is 2.16. The molecule has 1 unspecified atom stereocenters. The van der Waals surface area contributed by atoms with Crippen molar-refractivity contribution in [2.45, 2.75) is 6.42 Å². The first-order chi connectivity index (χ1) is 7.79. The molecule has 1 aromatic carbocycles. The number of carbonyl (C=O) groups is 1. The summed E-state index contributed by atoms with van der Waals surface area (Å²) in [5, 5.41) is 2.87. The zero-order valence-corrected chi connectivity index (χ0v) is 9.23. The Labute approximate surface area is 95.4 Å². The molecule has 1 heterocycles. The number of para-hydroxylation sites is 1. The number of nitrogens with two attached hydrogens (primary N) is 1. The Morgan fingerprint density at radius 2 is 2.19 bits per heavy atom. The molecule has 1 fully saturated rings. The minimum absolute atomic E-state index is 0.0258. The topological polar surface area (TPSA) is 58.4 Å². The second-order valence-corrected chi connectivity index (χ2v) is 4.13. The van der Waals surface area contributed by atoms with Gasteiger partial charge in [-0.1, -0.05) is 18.2 Å². The van der Waals surface area contributed by atoms with E-state index in [4.69, 9.17) is 5.73 Å². The fourth-order valence-electron chi connectivity index (χ4n) is 1.93. The van der Waals surface area contributed by atoms with Crippen molar-refractivity contribution in [2.75, 3.05) is 25.0 Å². The number of amides is 2. The first kappa shape index (κ1) is 11.0. The average molecular weight is 219 g/mol. The van der Waals surface area contributed by atoms with Crippen molar-refractivity contribution in [3.8, 4) is 0 Å². The molecule has 0 saturated carbocycles. The van der Waals surface area contributed by atoms with E-state index in [9.17, 15) is 4.79 Å². The van der Waals surface area contributed by atoms with Crippen LogP contribution in [0.25, 0.3) is 0 Å². The Balaban J connectivity index is 1.90. The van der Waals surface area contributed by atoms with Crippen LogP contribution in [-0.4, -0.2) is 30.6 Å². The first-order valence-electron chi connectivity index (χ1n) is 5.60. The monoisotopic (exact) mass is 219 g/mol. The molecule has 4 heteroatoms. The van der Waals surface area contributed by atoms with Crippen molar-refractivity contribution in [2.24, 2.45) is 11.7 Å². The van der Waals surface area contributed by atoms with Gasteiger partial charge in [0, 0.05) is 18.8 Å². The Morgan fingerprint density at radius 3 is 2.81 bits per heavy atom. The van der Waals surface area contributed by atoms with Gasteiger partial charge in [0.05, 0.1) is 0 Å². The average Bonchev–Trinajstić information content (AvgIpc) is 2.79. The highest BCUT2D eigenvalue weighted by atomic mass is 16.2. The van der Waals surface area contributed by atoms with E-state index in [-0.39, 0.29) is 6.03 Å². The molecule has 1 aliphatic heterocycles. The molecule has 3 N–H and O–H groups in total. The summed E-state index contributed by atoms with van der Waals surface area (Å²) in [5.41, 5.74) is 6.43. The molecule has 0 aromatic heterocycles. The second-order valence-electron chi connectivity index (χ2n) is 4.13. The molecule has 1 atom stereocenters. The number of nitrogens with one attached hydrogen (secondary N) is 1. The Kier molecular flexibility index (Phi) is 3.41. The molecule has 1 aliphatic rings. The summed E-state index contributed by atoms with van der Waals surface area (Å²) in [6.45, 7) is 2.24. The van der Waals surface area contributed by atoms with E-state index >= 15 is 0 Å². The lowest BCUT2D eigenvalue weighted by Crippen LogP contribution is -2.33. The van der Waals surface area contributed by atoms with Gasteiger partial charge in [0.15, 0.2) is 0 Å². The van der Waals surface area contributed by atoms with Gasteiger partial charge in [0.25, 0.3) is 0 Å². The molecule has 0 bridgehead atoms. The Hall–Kier alpha value is -1.55. The van der Waals surface area contributed by atoms with E-state index in [2.05, 4.69) is 5.32 Å². The second kappa shape index (κ2) is 4.99. The molecule has 0 aliphatic carbocycles. The van der Waals surface area contributed by atoms with Crippen LogP contribution in [0.1, 0.15) is 6.42 Å². The van der Waals surface area contributed by atoms with Crippen LogP contribution in [0, 0.1) is 5.92 Å². The molecular weight excluding hydrogens is 202 g/mol. The first-order valence-corrected chi connectivity index (χ1v) is 5.60. The summed E-state index contributed by atoms with van der Waals surface area (Å²) in [6, 6.07) is 9.48. The van der Waals surface area contributed by atoms with Crippen molar-refractivity contribution >= 4 is 11.7 Å². The smallest absolute Gasteiger partial charge is 0.321 e. The Bertz CT molecular complexity index is 353. The summed E-state index contributed by atoms with van der Waals surface area (Å²) in [5.74, 6) is 0.460. The number of nitrogens with zero attached hydrogens (tertiary/aromatic N) is 1. The lowest BCUT2D eigenvalue weighted by Gasteiger charge is -2.17. The zero-order chi connectivity index (χ0) is 11.4. The van der Waals surface area contributed by atoms with Gasteiger partial charge < -0.3 is 16.0 Å². The van der Waals surface area contributed by atoms with Gasteiger partial charge >= 0.3 is 6.03 Å². The fourth-order valence-corrected chi connectivity index (χ4v) is 1.93. The van der Waals surface area contributed by atoms with Crippen molar-refractivity contribution in [1.29, 1.82) is 0 Å². The summed E-state index contributed by atoms with van der Waals surface area (Å²) < 4.78 is 0. The predicted octanol–water partition coefficient (Wildman–Crippen LogP) is 1.50. The van der Waals surface area contributed by atoms with Gasteiger partial charge in [-0.2, -0.15) is 0 Å². The zero-order valence-electron chi connectivity index (χ0n) is 9.23. The summed E-state index contributed by atoms with van der Waals surface area (Å²) in [7, 11) is 0. The third kappa shape index (κ3) is 2.52. The molecule has 0 radical (unpaired) electrons. The normalized spacial score (nSPS) is 19.8. The van der Waals surface area contributed by atoms with E-state index in [1.54, 1.807) is 0 Å². The van der Waals surface area contributed by atoms with Crippen LogP contribution in [0.4, 0.5) is 10.5 Å². The number of carbonyl (C=O) groups excluding carboxylic acids is 1. The largest absolute Gasteiger partial charge is 0.330 e. The third-order valence-corrected chi connectivity index (χ3v) is 2.93. The van der Waals surface area contributed by atoms with Gasteiger partial charge in [-0.25, -0.2) is 4.79 Å². The van der Waals surface area contributed by atoms with Crippen LogP contribution in [0.3, 0.4) is 0 Å². The molecule has 16 heavy (non-hydrogen) atoms. The highest BCUT2D eigenvalue weighted by Gasteiger charge is 2.24. The number of likely N-dealkylation sites (tertiary alicyclic amines) is 1. The van der Waals surface area contributed by atoms with Crippen LogP contribution in [0.15, 0.2) is 30.3 Å². The molecule has 1 aromatic rings. The van der Waals surface area contributed by atoms with Crippen molar-refractivity contribution in [3.05, 3.63) is 30.3 Å². The van der Waals surface area contributed by atoms with E-state index in [0.717, 1.165) is 25.2 Å². The number of hydrogen-bond donors (Lipinski definition) is 2. The molecular formula is C12H17N3O. The maximum atomic E-state index is 11.9. The van der Waals surface area contributed by atoms with E-state index in [0.29, 0.717) is 12.5 Å². The number of urea groups is 1. The maximum Gasteiger partial charge on any atom is 0.321 e. The van der Waals surface area contributed by atoms with Gasteiger partial charge in [-0.05, 0) is 31.0 Å². The van der Waals surface area contributed by atoms with Crippen LogP contribution in [0.2, 0.25) is 0 Å². The molecule has 86 valence electrons. The van der Waals surface area contributed by atoms with Gasteiger partial charge in [-0.15, -0.1) is 0 Å². The Morgan fingerprint density at radius 1 is 1.44 bits per heavy atom. The molecule has 0 spiro atoms. The quantitative estimate of drug-likeness (QED) is 0.792. The van der Waals surface area contributed by atoms with Crippen molar-refractivity contribution in [3.63, 3.8) is 0 Å². The molecule has 2 rings (SSSR count). The summed E-state index contributed by atoms with van der Waals surface area (Å²) in [4.78, 5) is 13.7. The third-order valence-electron chi connectivity index (χ3n) is 2.93. The van der Waals surface area contributed by atoms with Crippen LogP contribution in [-0.2, 0) is 0 Å². The van der Waals surface area contributed by atoms with Crippen LogP contribution >= 0.6 is 0 Å². The summed E-state index contributed by atoms with van der Waals surface area (Å²) >= 11 is 0. The number of benzene rings is 1. The fraction of sp³-hybridized carbons (Fsp3) is 0.417. The highest BCUT2D eigenvalue weighted by molar-refractivity contribution is 5.89. The minimum Gasteiger partial charge on any atom is -0.330 e. The minimum atomic E-state index is -0.0258. The van der Waals surface area contributed by atoms with E-state index in [1.165, 1.54) is 0 Å². The lowest BCUT2D eigenvalue weighted by molar-refractivity contribution is 0.221. The molecule has 2 amide bonds. The molecule has 1 saturated heterocycles. The number of anilines is 1. The van der Waals surface area contributed by atoms with Gasteiger partial charge in [0.2, 0.25) is 0 Å². The van der Waals surface area contributed by atoms with Crippen LogP contribution in [0.5, 0.6) is 0 Å². The lowest BCUT2D eigenvalue weighted by atomic mass is 10.1. The van der Waals surface area contributed by atoms with Crippen molar-refractivity contribution < 1.29 is 4.79 Å². The maximum absolute atomic E-state index is 11.9. The number of hydrogen-bond acceptors (Lipinski definition) is 2. The van der Waals surface area contributed by atoms with Gasteiger partial charge in [-0.3, -0.25) is 0 Å². The van der Waals surface area contributed by atoms with Crippen molar-refractivity contribution in [1.82, 2.24) is 4.90 Å².